The maximum absolute atomic E-state index is 12.6. The zero-order valence-electron chi connectivity index (χ0n) is 13.5. The lowest BCUT2D eigenvalue weighted by Crippen LogP contribution is -2.04. The van der Waals surface area contributed by atoms with Crippen molar-refractivity contribution in [2.24, 2.45) is 0 Å². The van der Waals surface area contributed by atoms with Crippen LogP contribution in [-0.4, -0.2) is 23.5 Å². The van der Waals surface area contributed by atoms with Gasteiger partial charge in [-0.1, -0.05) is 12.1 Å². The highest BCUT2D eigenvalue weighted by Gasteiger charge is 2.18. The van der Waals surface area contributed by atoms with E-state index in [1.165, 1.54) is 22.7 Å². The van der Waals surface area contributed by atoms with E-state index in [-0.39, 0.29) is 5.08 Å². The Balaban J connectivity index is 1.58. The first kappa shape index (κ1) is 17.0. The maximum Gasteiger partial charge on any atom is 0.182 e. The van der Waals surface area contributed by atoms with Crippen LogP contribution in [0.25, 0.3) is 20.4 Å². The smallest absolute Gasteiger partial charge is 0.182 e. The van der Waals surface area contributed by atoms with Crippen LogP contribution >= 0.6 is 22.7 Å². The Morgan fingerprint density at radius 2 is 1.24 bits per heavy atom. The highest BCUT2D eigenvalue weighted by atomic mass is 32.3. The van der Waals surface area contributed by atoms with Crippen LogP contribution in [0.2, 0.25) is 0 Å². The van der Waals surface area contributed by atoms with Gasteiger partial charge in [-0.15, -0.1) is 22.7 Å². The van der Waals surface area contributed by atoms with Gasteiger partial charge in [0.1, 0.15) is 5.08 Å². The summed E-state index contributed by atoms with van der Waals surface area (Å²) in [5, 5.41) is 0.0254. The highest BCUT2D eigenvalue weighted by Crippen LogP contribution is 2.28. The van der Waals surface area contributed by atoms with Crippen LogP contribution < -0.4 is 0 Å². The summed E-state index contributed by atoms with van der Waals surface area (Å²) < 4.78 is 28.2. The van der Waals surface area contributed by atoms with Crippen LogP contribution in [0.1, 0.15) is 11.1 Å². The van der Waals surface area contributed by atoms with E-state index in [0.717, 1.165) is 31.6 Å². The normalized spacial score (nSPS) is 14.2. The standard InChI is InChI=1S/C17H14N2O2S4/c1-10-3-5-12-14(7-10)22-16(18-12)24(20)9-25(21)17-19-13-6-4-11(2)8-15(13)23-17/h3-8H,9H2,1-2H3. The molecule has 2 aromatic carbocycles. The Morgan fingerprint density at radius 3 is 1.68 bits per heavy atom. The minimum Gasteiger partial charge on any atom is -0.251 e. The Kier molecular flexibility index (Phi) is 4.53. The largest absolute Gasteiger partial charge is 0.251 e. The average Bonchev–Trinajstić information content (AvgIpc) is 3.17. The molecular formula is C17H14N2O2S4. The third kappa shape index (κ3) is 3.44. The van der Waals surface area contributed by atoms with E-state index in [2.05, 4.69) is 9.97 Å². The fourth-order valence-corrected chi connectivity index (χ4v) is 8.14. The summed E-state index contributed by atoms with van der Waals surface area (Å²) in [6, 6.07) is 11.9. The molecule has 0 aliphatic rings. The van der Waals surface area contributed by atoms with Crippen LogP contribution in [0.5, 0.6) is 0 Å². The Hall–Kier alpha value is -1.48. The van der Waals surface area contributed by atoms with E-state index in [0.29, 0.717) is 8.68 Å². The van der Waals surface area contributed by atoms with Gasteiger partial charge in [0.25, 0.3) is 0 Å². The van der Waals surface area contributed by atoms with Gasteiger partial charge < -0.3 is 0 Å². The molecule has 4 aromatic rings. The minimum atomic E-state index is -1.41. The zero-order chi connectivity index (χ0) is 17.6. The van der Waals surface area contributed by atoms with Crippen molar-refractivity contribution in [2.75, 3.05) is 5.08 Å². The quantitative estimate of drug-likeness (QED) is 0.504. The second kappa shape index (κ2) is 6.68. The Bertz CT molecular complexity index is 1060. The molecular weight excluding hydrogens is 392 g/mol. The maximum atomic E-state index is 12.6. The van der Waals surface area contributed by atoms with Crippen LogP contribution in [-0.2, 0) is 21.6 Å². The summed E-state index contributed by atoms with van der Waals surface area (Å²) >= 11 is 2.80. The predicted octanol–water partition coefficient (Wildman–Crippen LogP) is 4.40. The van der Waals surface area contributed by atoms with Gasteiger partial charge in [-0.05, 0) is 49.2 Å². The number of hydrogen-bond donors (Lipinski definition) is 0. The summed E-state index contributed by atoms with van der Waals surface area (Å²) in [4.78, 5) is 8.84. The van der Waals surface area contributed by atoms with Crippen LogP contribution in [0.15, 0.2) is 45.1 Å². The van der Waals surface area contributed by atoms with E-state index in [1.807, 2.05) is 50.2 Å². The van der Waals surface area contributed by atoms with Crippen LogP contribution in [0, 0.1) is 13.8 Å². The van der Waals surface area contributed by atoms with Gasteiger partial charge in [0.15, 0.2) is 8.68 Å². The van der Waals surface area contributed by atoms with Gasteiger partial charge in [-0.3, -0.25) is 8.42 Å². The highest BCUT2D eigenvalue weighted by molar-refractivity contribution is 8.03. The summed E-state index contributed by atoms with van der Waals surface area (Å²) in [5.41, 5.74) is 3.95. The van der Waals surface area contributed by atoms with Crippen molar-refractivity contribution in [3.8, 4) is 0 Å². The third-order valence-corrected chi connectivity index (χ3v) is 9.57. The number of benzene rings is 2. The molecule has 0 saturated carbocycles. The fraction of sp³-hybridized carbons (Fsp3) is 0.176. The molecule has 2 aromatic heterocycles. The van der Waals surface area contributed by atoms with E-state index in [1.54, 1.807) is 0 Å². The first-order valence-electron chi connectivity index (χ1n) is 7.51. The van der Waals surface area contributed by atoms with Gasteiger partial charge in [0.2, 0.25) is 0 Å². The Morgan fingerprint density at radius 1 is 0.800 bits per heavy atom. The molecule has 128 valence electrons. The number of hydrogen-bond acceptors (Lipinski definition) is 6. The molecule has 0 aliphatic carbocycles. The molecule has 2 heterocycles. The van der Waals surface area contributed by atoms with Crippen LogP contribution in [0.3, 0.4) is 0 Å². The molecule has 0 amide bonds. The summed E-state index contributed by atoms with van der Waals surface area (Å²) in [6.07, 6.45) is 0. The molecule has 8 heteroatoms. The molecule has 0 bridgehead atoms. The number of aryl methyl sites for hydroxylation is 2. The van der Waals surface area contributed by atoms with Crippen molar-refractivity contribution in [1.82, 2.24) is 9.97 Å². The van der Waals surface area contributed by atoms with E-state index in [9.17, 15) is 8.42 Å². The lowest BCUT2D eigenvalue weighted by molar-refractivity contribution is 0.679. The Labute approximate surface area is 157 Å². The molecule has 0 spiro atoms. The first-order valence-corrected chi connectivity index (χ1v) is 11.8. The van der Waals surface area contributed by atoms with Gasteiger partial charge in [-0.2, -0.15) is 0 Å². The van der Waals surface area contributed by atoms with Crippen molar-refractivity contribution in [3.63, 3.8) is 0 Å². The topological polar surface area (TPSA) is 59.9 Å². The van der Waals surface area contributed by atoms with E-state index >= 15 is 0 Å². The molecule has 4 rings (SSSR count). The number of nitrogens with zero attached hydrogens (tertiary/aromatic N) is 2. The first-order chi connectivity index (χ1) is 12.0. The van der Waals surface area contributed by atoms with Gasteiger partial charge in [0, 0.05) is 0 Å². The zero-order valence-corrected chi connectivity index (χ0v) is 16.8. The van der Waals surface area contributed by atoms with Crippen molar-refractivity contribution < 1.29 is 8.42 Å². The molecule has 2 unspecified atom stereocenters. The molecule has 2 atom stereocenters. The van der Waals surface area contributed by atoms with E-state index < -0.39 is 21.6 Å². The summed E-state index contributed by atoms with van der Waals surface area (Å²) in [7, 11) is -2.81. The second-order valence-electron chi connectivity index (χ2n) is 5.71. The molecule has 0 aliphatic heterocycles. The molecule has 4 nitrogen and oxygen atoms in total. The van der Waals surface area contributed by atoms with Crippen molar-refractivity contribution in [3.05, 3.63) is 47.5 Å². The number of fused-ring (bicyclic) bond motifs is 2. The average molecular weight is 407 g/mol. The monoisotopic (exact) mass is 406 g/mol. The molecule has 25 heavy (non-hydrogen) atoms. The van der Waals surface area contributed by atoms with Crippen molar-refractivity contribution in [1.29, 1.82) is 0 Å². The summed E-state index contributed by atoms with van der Waals surface area (Å²) in [6.45, 7) is 4.03. The van der Waals surface area contributed by atoms with Crippen molar-refractivity contribution >= 4 is 64.7 Å². The molecule has 0 saturated heterocycles. The molecule has 0 fully saturated rings. The van der Waals surface area contributed by atoms with Crippen molar-refractivity contribution in [2.45, 2.75) is 22.5 Å². The molecule has 0 N–H and O–H groups in total. The van der Waals surface area contributed by atoms with Gasteiger partial charge in [0.05, 0.1) is 42.0 Å². The number of aromatic nitrogens is 2. The summed E-state index contributed by atoms with van der Waals surface area (Å²) in [5.74, 6) is 0. The third-order valence-electron chi connectivity index (χ3n) is 3.65. The second-order valence-corrected chi connectivity index (χ2v) is 11.4. The van der Waals surface area contributed by atoms with Gasteiger partial charge >= 0.3 is 0 Å². The minimum absolute atomic E-state index is 0.0254. The number of thiazole rings is 2. The van der Waals surface area contributed by atoms with E-state index in [4.69, 9.17) is 0 Å². The van der Waals surface area contributed by atoms with Crippen LogP contribution in [0.4, 0.5) is 0 Å². The lowest BCUT2D eigenvalue weighted by Gasteiger charge is -1.96. The lowest BCUT2D eigenvalue weighted by atomic mass is 10.2. The predicted molar refractivity (Wildman–Crippen MR) is 106 cm³/mol. The number of rotatable bonds is 4. The fourth-order valence-electron chi connectivity index (χ4n) is 2.41. The molecule has 0 radical (unpaired) electrons. The SMILES string of the molecule is Cc1ccc2nc(S(=O)CS(=O)c3nc4ccc(C)cc4s3)sc2c1. The van der Waals surface area contributed by atoms with Gasteiger partial charge in [-0.25, -0.2) is 9.97 Å².